The zero-order valence-corrected chi connectivity index (χ0v) is 18.6. The first kappa shape index (κ1) is 19.3. The molecule has 0 aliphatic carbocycles. The summed E-state index contributed by atoms with van der Waals surface area (Å²) in [5.41, 5.74) is 0. The maximum absolute atomic E-state index is 12.5. The van der Waals surface area contributed by atoms with E-state index in [0.717, 1.165) is 45.7 Å². The van der Waals surface area contributed by atoms with Crippen molar-refractivity contribution in [1.82, 2.24) is 4.90 Å². The SMILES string of the molecule is CC(N1CCCCC1)C1(S(=O)[O-])CCCCN1c1cc(Br)c(Br)s1. The minimum absolute atomic E-state index is 0.00363. The first-order chi connectivity index (χ1) is 11.5. The van der Waals surface area contributed by atoms with Gasteiger partial charge in [-0.3, -0.25) is 9.11 Å². The third-order valence-electron chi connectivity index (χ3n) is 5.40. The minimum atomic E-state index is -2.16. The molecule has 0 saturated carbocycles. The lowest BCUT2D eigenvalue weighted by molar-refractivity contribution is 0.124. The molecule has 4 nitrogen and oxygen atoms in total. The summed E-state index contributed by atoms with van der Waals surface area (Å²) in [4.78, 5) is 3.70. The van der Waals surface area contributed by atoms with Crippen LogP contribution in [0.4, 0.5) is 5.00 Å². The van der Waals surface area contributed by atoms with Crippen LogP contribution < -0.4 is 4.90 Å². The number of thiophene rings is 1. The Morgan fingerprint density at radius 1 is 1.21 bits per heavy atom. The highest BCUT2D eigenvalue weighted by molar-refractivity contribution is 9.13. The molecule has 2 saturated heterocycles. The van der Waals surface area contributed by atoms with Crippen LogP contribution in [0.3, 0.4) is 0 Å². The van der Waals surface area contributed by atoms with Crippen LogP contribution in [0.1, 0.15) is 45.4 Å². The van der Waals surface area contributed by atoms with Gasteiger partial charge in [0.25, 0.3) is 0 Å². The highest BCUT2D eigenvalue weighted by Crippen LogP contribution is 2.45. The molecule has 3 atom stereocenters. The van der Waals surface area contributed by atoms with Crippen LogP contribution in [0.5, 0.6) is 0 Å². The summed E-state index contributed by atoms with van der Waals surface area (Å²) in [6.07, 6.45) is 6.30. The molecule has 136 valence electrons. The minimum Gasteiger partial charge on any atom is -0.770 e. The van der Waals surface area contributed by atoms with Gasteiger partial charge in [0.1, 0.15) is 4.87 Å². The maximum atomic E-state index is 12.5. The van der Waals surface area contributed by atoms with Gasteiger partial charge in [-0.1, -0.05) is 6.42 Å². The van der Waals surface area contributed by atoms with Crippen LogP contribution in [0.15, 0.2) is 14.3 Å². The molecular formula is C16H23Br2N2O2S2-. The number of halogens is 2. The molecule has 0 amide bonds. The molecule has 1 aromatic heterocycles. The quantitative estimate of drug-likeness (QED) is 0.563. The summed E-state index contributed by atoms with van der Waals surface area (Å²) in [5, 5.41) is 1.03. The fraction of sp³-hybridized carbons (Fsp3) is 0.750. The van der Waals surface area contributed by atoms with Crippen molar-refractivity contribution >= 4 is 59.3 Å². The standard InChI is InChI=1S/C16H24Br2N2O2S2/c1-12(19-8-4-2-5-9-19)16(24(21)22)7-3-6-10-20(16)14-11-13(17)15(18)23-14/h11-12H,2-10H2,1H3,(H,21,22)/p-1. The van der Waals surface area contributed by atoms with Crippen molar-refractivity contribution in [2.24, 2.45) is 0 Å². The lowest BCUT2D eigenvalue weighted by Gasteiger charge is -2.55. The fourth-order valence-corrected chi connectivity index (χ4v) is 7.35. The van der Waals surface area contributed by atoms with Crippen molar-refractivity contribution in [2.75, 3.05) is 24.5 Å². The Morgan fingerprint density at radius 2 is 1.88 bits per heavy atom. The van der Waals surface area contributed by atoms with Gasteiger partial charge in [0.05, 0.1) is 8.79 Å². The molecule has 24 heavy (non-hydrogen) atoms. The van der Waals surface area contributed by atoms with Gasteiger partial charge in [-0.05, 0) is 101 Å². The van der Waals surface area contributed by atoms with Crippen LogP contribution in [0.2, 0.25) is 0 Å². The molecule has 1 aromatic rings. The van der Waals surface area contributed by atoms with Gasteiger partial charge in [-0.2, -0.15) is 0 Å². The van der Waals surface area contributed by atoms with E-state index in [1.165, 1.54) is 19.3 Å². The average molecular weight is 499 g/mol. The van der Waals surface area contributed by atoms with Gasteiger partial charge >= 0.3 is 0 Å². The van der Waals surface area contributed by atoms with Gasteiger partial charge in [0, 0.05) is 17.1 Å². The third-order valence-corrected chi connectivity index (χ3v) is 10.0. The van der Waals surface area contributed by atoms with Crippen LogP contribution in [0.25, 0.3) is 0 Å². The lowest BCUT2D eigenvalue weighted by Crippen LogP contribution is -2.66. The number of rotatable bonds is 4. The van der Waals surface area contributed by atoms with Crippen molar-refractivity contribution < 1.29 is 8.76 Å². The summed E-state index contributed by atoms with van der Waals surface area (Å²) in [6, 6.07) is 2.04. The Labute approximate surface area is 167 Å². The van der Waals surface area contributed by atoms with Crippen LogP contribution in [0, 0.1) is 0 Å². The van der Waals surface area contributed by atoms with E-state index in [4.69, 9.17) is 0 Å². The lowest BCUT2D eigenvalue weighted by atomic mass is 9.93. The molecule has 2 aliphatic heterocycles. The van der Waals surface area contributed by atoms with Gasteiger partial charge in [0.15, 0.2) is 0 Å². The predicted molar refractivity (Wildman–Crippen MR) is 107 cm³/mol. The van der Waals surface area contributed by atoms with Crippen molar-refractivity contribution in [3.63, 3.8) is 0 Å². The maximum Gasteiger partial charge on any atom is 0.118 e. The van der Waals surface area contributed by atoms with Crippen LogP contribution in [-0.4, -0.2) is 44.2 Å². The Kier molecular flexibility index (Phi) is 6.47. The van der Waals surface area contributed by atoms with E-state index in [1.807, 2.05) is 6.07 Å². The van der Waals surface area contributed by atoms with E-state index in [-0.39, 0.29) is 6.04 Å². The Balaban J connectivity index is 1.99. The second-order valence-corrected chi connectivity index (χ2v) is 11.0. The van der Waals surface area contributed by atoms with Gasteiger partial charge in [-0.25, -0.2) is 0 Å². The molecular weight excluding hydrogens is 476 g/mol. The summed E-state index contributed by atoms with van der Waals surface area (Å²) < 4.78 is 27.1. The Morgan fingerprint density at radius 3 is 2.46 bits per heavy atom. The number of anilines is 1. The highest BCUT2D eigenvalue weighted by atomic mass is 79.9. The number of nitrogens with zero attached hydrogens (tertiary/aromatic N) is 2. The van der Waals surface area contributed by atoms with E-state index < -0.39 is 16.0 Å². The predicted octanol–water partition coefficient (Wildman–Crippen LogP) is 4.71. The smallest absolute Gasteiger partial charge is 0.118 e. The van der Waals surface area contributed by atoms with E-state index in [9.17, 15) is 8.76 Å². The monoisotopic (exact) mass is 497 g/mol. The van der Waals surface area contributed by atoms with E-state index in [0.29, 0.717) is 6.42 Å². The van der Waals surface area contributed by atoms with E-state index in [2.05, 4.69) is 48.6 Å². The van der Waals surface area contributed by atoms with Crippen LogP contribution in [-0.2, 0) is 11.1 Å². The molecule has 0 radical (unpaired) electrons. The first-order valence-corrected chi connectivity index (χ1v) is 12.0. The van der Waals surface area contributed by atoms with Crippen molar-refractivity contribution in [1.29, 1.82) is 0 Å². The number of hydrogen-bond donors (Lipinski definition) is 0. The van der Waals surface area contributed by atoms with Gasteiger partial charge in [-0.15, -0.1) is 11.3 Å². The molecule has 3 heterocycles. The van der Waals surface area contributed by atoms with Crippen LogP contribution >= 0.6 is 43.2 Å². The molecule has 0 spiro atoms. The topological polar surface area (TPSA) is 46.6 Å². The number of piperidine rings is 2. The third kappa shape index (κ3) is 3.51. The highest BCUT2D eigenvalue weighted by Gasteiger charge is 2.47. The van der Waals surface area contributed by atoms with Crippen molar-refractivity contribution in [3.8, 4) is 0 Å². The summed E-state index contributed by atoms with van der Waals surface area (Å²) >= 11 is 6.54. The summed E-state index contributed by atoms with van der Waals surface area (Å²) in [5.74, 6) is 0. The molecule has 0 N–H and O–H groups in total. The van der Waals surface area contributed by atoms with E-state index in [1.54, 1.807) is 11.3 Å². The molecule has 8 heteroatoms. The number of likely N-dealkylation sites (tertiary alicyclic amines) is 1. The molecule has 2 aliphatic rings. The Bertz CT molecular complexity index is 587. The van der Waals surface area contributed by atoms with Gasteiger partial charge in [0.2, 0.25) is 0 Å². The second-order valence-electron chi connectivity index (χ2n) is 6.67. The largest absolute Gasteiger partial charge is 0.770 e. The molecule has 3 rings (SSSR count). The van der Waals surface area contributed by atoms with Gasteiger partial charge < -0.3 is 9.45 Å². The first-order valence-electron chi connectivity index (χ1n) is 8.52. The zero-order valence-electron chi connectivity index (χ0n) is 13.8. The summed E-state index contributed by atoms with van der Waals surface area (Å²) in [6.45, 7) is 4.92. The molecule has 0 aromatic carbocycles. The fourth-order valence-electron chi connectivity index (χ4n) is 4.08. The zero-order chi connectivity index (χ0) is 17.3. The summed E-state index contributed by atoms with van der Waals surface area (Å²) in [7, 11) is 0. The van der Waals surface area contributed by atoms with Crippen molar-refractivity contribution in [2.45, 2.75) is 56.4 Å². The Hall–Kier alpha value is 0.530. The molecule has 3 unspecified atom stereocenters. The van der Waals surface area contributed by atoms with Crippen molar-refractivity contribution in [3.05, 3.63) is 14.3 Å². The average Bonchev–Trinajstić information content (AvgIpc) is 2.93. The number of hydrogen-bond acceptors (Lipinski definition) is 5. The normalized spacial score (nSPS) is 28.8. The van der Waals surface area contributed by atoms with E-state index >= 15 is 0 Å². The molecule has 2 fully saturated rings. The molecule has 0 bridgehead atoms. The second kappa shape index (κ2) is 8.05.